The molecule has 0 spiro atoms. The molecule has 1 radical (unpaired) electrons. The molecule has 0 aromatic rings. The zero-order valence-electron chi connectivity index (χ0n) is 13.1. The van der Waals surface area contributed by atoms with Gasteiger partial charge in [-0.25, -0.2) is 4.57 Å². The van der Waals surface area contributed by atoms with Crippen molar-refractivity contribution < 1.29 is 18.5 Å². The first kappa shape index (κ1) is 18.2. The summed E-state index contributed by atoms with van der Waals surface area (Å²) in [6.45, 7) is 4.34. The van der Waals surface area contributed by atoms with Gasteiger partial charge in [-0.05, 0) is 18.8 Å². The Hall–Kier alpha value is 0.175. The molecule has 1 fully saturated rings. The zero-order valence-corrected chi connectivity index (χ0v) is 14.0. The van der Waals surface area contributed by atoms with Crippen molar-refractivity contribution in [3.8, 4) is 0 Å². The van der Waals surface area contributed by atoms with Gasteiger partial charge in [0.2, 0.25) is 0 Å². The number of hydrogen-bond donors (Lipinski definition) is 1. The standard InChI is InChI=1S/C14H29BO4P/c1-4-12-9-10-13(15-2)7-5-6-8-14(11-12)19-20(16,17)18-3/h12-14H,4-11H2,1-3H3,(H,16,17). The van der Waals surface area contributed by atoms with Crippen LogP contribution in [0.5, 0.6) is 0 Å². The molecule has 1 aliphatic carbocycles. The lowest BCUT2D eigenvalue weighted by atomic mass is 9.62. The molecule has 4 atom stereocenters. The van der Waals surface area contributed by atoms with Crippen molar-refractivity contribution in [3.63, 3.8) is 0 Å². The molecule has 4 unspecified atom stereocenters. The first-order valence-corrected chi connectivity index (χ1v) is 9.36. The highest BCUT2D eigenvalue weighted by molar-refractivity contribution is 7.47. The molecule has 0 aromatic heterocycles. The molecular weight excluding hydrogens is 274 g/mol. The zero-order chi connectivity index (χ0) is 15.0. The lowest BCUT2D eigenvalue weighted by Crippen LogP contribution is -2.19. The molecule has 4 nitrogen and oxygen atoms in total. The van der Waals surface area contributed by atoms with Gasteiger partial charge in [-0.2, -0.15) is 0 Å². The molecule has 0 aromatic carbocycles. The molecular formula is C14H29BO4P. The minimum Gasteiger partial charge on any atom is -0.302 e. The van der Waals surface area contributed by atoms with Crippen LogP contribution in [-0.2, 0) is 13.6 Å². The predicted octanol–water partition coefficient (Wildman–Crippen LogP) is 4.43. The van der Waals surface area contributed by atoms with Gasteiger partial charge in [0.1, 0.15) is 7.28 Å². The largest absolute Gasteiger partial charge is 0.472 e. The highest BCUT2D eigenvalue weighted by Crippen LogP contribution is 2.45. The fraction of sp³-hybridized carbons (Fsp3) is 1.00. The summed E-state index contributed by atoms with van der Waals surface area (Å²) in [7, 11) is -0.311. The minimum absolute atomic E-state index is 0.155. The van der Waals surface area contributed by atoms with E-state index in [4.69, 9.17) is 4.52 Å². The molecule has 0 saturated heterocycles. The summed E-state index contributed by atoms with van der Waals surface area (Å²) in [5, 5.41) is 0. The van der Waals surface area contributed by atoms with Crippen LogP contribution in [0.1, 0.15) is 58.3 Å². The predicted molar refractivity (Wildman–Crippen MR) is 83.2 cm³/mol. The number of hydrogen-bond acceptors (Lipinski definition) is 3. The average molecular weight is 303 g/mol. The third-order valence-corrected chi connectivity index (χ3v) is 5.48. The van der Waals surface area contributed by atoms with Crippen molar-refractivity contribution in [1.82, 2.24) is 0 Å². The topological polar surface area (TPSA) is 55.8 Å². The molecule has 1 rings (SSSR count). The summed E-state index contributed by atoms with van der Waals surface area (Å²) in [5.41, 5.74) is 0. The van der Waals surface area contributed by atoms with Gasteiger partial charge in [-0.1, -0.05) is 58.1 Å². The Morgan fingerprint density at radius 1 is 1.25 bits per heavy atom. The Labute approximate surface area is 124 Å². The van der Waals surface area contributed by atoms with Crippen molar-refractivity contribution in [2.75, 3.05) is 7.11 Å². The van der Waals surface area contributed by atoms with E-state index in [2.05, 4.69) is 25.6 Å². The quantitative estimate of drug-likeness (QED) is 0.603. The van der Waals surface area contributed by atoms with Crippen LogP contribution in [0.3, 0.4) is 0 Å². The van der Waals surface area contributed by atoms with Crippen molar-refractivity contribution in [3.05, 3.63) is 0 Å². The first-order chi connectivity index (χ1) is 9.50. The maximum Gasteiger partial charge on any atom is 0.472 e. The number of phosphoric acid groups is 1. The van der Waals surface area contributed by atoms with E-state index in [0.29, 0.717) is 5.92 Å². The Bertz CT molecular complexity index is 314. The van der Waals surface area contributed by atoms with Crippen LogP contribution in [0.25, 0.3) is 0 Å². The van der Waals surface area contributed by atoms with Gasteiger partial charge in [0, 0.05) is 7.11 Å². The number of rotatable bonds is 5. The maximum atomic E-state index is 11.6. The molecule has 1 saturated carbocycles. The van der Waals surface area contributed by atoms with E-state index in [-0.39, 0.29) is 6.10 Å². The van der Waals surface area contributed by atoms with Crippen LogP contribution >= 0.6 is 7.82 Å². The average Bonchev–Trinajstić information content (AvgIpc) is 2.44. The fourth-order valence-corrected chi connectivity index (χ4v) is 3.67. The molecule has 1 aliphatic rings. The Morgan fingerprint density at radius 2 is 1.95 bits per heavy atom. The second kappa shape index (κ2) is 9.25. The van der Waals surface area contributed by atoms with Gasteiger partial charge >= 0.3 is 7.82 Å². The smallest absolute Gasteiger partial charge is 0.302 e. The summed E-state index contributed by atoms with van der Waals surface area (Å²) in [6.07, 6.45) is 8.49. The summed E-state index contributed by atoms with van der Waals surface area (Å²) in [6, 6.07) is 0. The summed E-state index contributed by atoms with van der Waals surface area (Å²) < 4.78 is 21.5. The molecule has 0 heterocycles. The summed E-state index contributed by atoms with van der Waals surface area (Å²) in [5.74, 6) is 1.29. The molecule has 117 valence electrons. The van der Waals surface area contributed by atoms with E-state index < -0.39 is 7.82 Å². The Kier molecular flexibility index (Phi) is 8.42. The lowest BCUT2D eigenvalue weighted by Gasteiger charge is -2.27. The molecule has 0 bridgehead atoms. The maximum absolute atomic E-state index is 11.6. The van der Waals surface area contributed by atoms with Crippen LogP contribution in [0, 0.1) is 5.92 Å². The molecule has 0 aliphatic heterocycles. The van der Waals surface area contributed by atoms with Crippen molar-refractivity contribution >= 4 is 15.1 Å². The van der Waals surface area contributed by atoms with Crippen LogP contribution in [0.4, 0.5) is 0 Å². The van der Waals surface area contributed by atoms with Crippen molar-refractivity contribution in [2.24, 2.45) is 5.92 Å². The number of phosphoric ester groups is 1. The highest BCUT2D eigenvalue weighted by Gasteiger charge is 2.27. The SMILES string of the molecule is C[B]C1CCCCC(OP(=O)(O)OC)CC(CC)CC1. The van der Waals surface area contributed by atoms with E-state index in [9.17, 15) is 9.46 Å². The van der Waals surface area contributed by atoms with E-state index in [1.165, 1.54) is 26.4 Å². The molecule has 20 heavy (non-hydrogen) atoms. The highest BCUT2D eigenvalue weighted by atomic mass is 31.2. The lowest BCUT2D eigenvalue weighted by molar-refractivity contribution is 0.0899. The van der Waals surface area contributed by atoms with Crippen LogP contribution in [0.15, 0.2) is 0 Å². The van der Waals surface area contributed by atoms with Gasteiger partial charge < -0.3 is 4.89 Å². The Morgan fingerprint density at radius 3 is 2.55 bits per heavy atom. The van der Waals surface area contributed by atoms with Crippen molar-refractivity contribution in [2.45, 2.75) is 77.0 Å². The summed E-state index contributed by atoms with van der Waals surface area (Å²) >= 11 is 0. The third kappa shape index (κ3) is 6.75. The van der Waals surface area contributed by atoms with E-state index in [1.807, 2.05) is 0 Å². The van der Waals surface area contributed by atoms with Gasteiger partial charge in [0.05, 0.1) is 6.10 Å². The third-order valence-electron chi connectivity index (χ3n) is 4.45. The second-order valence-corrected chi connectivity index (χ2v) is 7.36. The van der Waals surface area contributed by atoms with Crippen LogP contribution < -0.4 is 0 Å². The first-order valence-electron chi connectivity index (χ1n) is 7.87. The van der Waals surface area contributed by atoms with Gasteiger partial charge in [0.15, 0.2) is 0 Å². The van der Waals surface area contributed by atoms with Crippen LogP contribution in [0.2, 0.25) is 12.6 Å². The van der Waals surface area contributed by atoms with Gasteiger partial charge in [-0.3, -0.25) is 9.05 Å². The van der Waals surface area contributed by atoms with Crippen molar-refractivity contribution in [1.29, 1.82) is 0 Å². The molecule has 1 N–H and O–H groups in total. The Balaban J connectivity index is 2.61. The monoisotopic (exact) mass is 303 g/mol. The van der Waals surface area contributed by atoms with Crippen LogP contribution in [-0.4, -0.2) is 25.4 Å². The normalized spacial score (nSPS) is 32.3. The molecule has 0 amide bonds. The molecule has 6 heteroatoms. The van der Waals surface area contributed by atoms with E-state index in [0.717, 1.165) is 37.9 Å². The van der Waals surface area contributed by atoms with E-state index in [1.54, 1.807) is 0 Å². The fourth-order valence-electron chi connectivity index (χ4n) is 3.01. The summed E-state index contributed by atoms with van der Waals surface area (Å²) in [4.78, 5) is 9.51. The van der Waals surface area contributed by atoms with Gasteiger partial charge in [0.25, 0.3) is 0 Å². The van der Waals surface area contributed by atoms with E-state index >= 15 is 0 Å². The second-order valence-electron chi connectivity index (χ2n) is 5.84. The van der Waals surface area contributed by atoms with Gasteiger partial charge in [-0.15, -0.1) is 0 Å². The minimum atomic E-state index is -3.86.